The monoisotopic (exact) mass is 252 g/mol. The van der Waals surface area contributed by atoms with E-state index in [0.717, 1.165) is 24.2 Å². The van der Waals surface area contributed by atoms with E-state index < -0.39 is 5.97 Å². The van der Waals surface area contributed by atoms with Gasteiger partial charge in [-0.25, -0.2) is 0 Å². The van der Waals surface area contributed by atoms with Crippen molar-refractivity contribution in [2.75, 3.05) is 5.75 Å². The number of benzene rings is 1. The fourth-order valence-electron chi connectivity index (χ4n) is 1.38. The largest absolute Gasteiger partial charge is 0.481 e. The standard InChI is InChI=1S/C13H16O3S/c14-12(15)9-5-2-6-10-17-13(16)11-7-3-1-4-8-11/h1,3-4,7-8H,2,5-6,9-10H2,(H,14,15). The summed E-state index contributed by atoms with van der Waals surface area (Å²) in [5, 5.41) is 8.53. The molecule has 0 heterocycles. The summed E-state index contributed by atoms with van der Waals surface area (Å²) < 4.78 is 0. The molecule has 1 aromatic rings. The number of carbonyl (C=O) groups excluding carboxylic acids is 1. The summed E-state index contributed by atoms with van der Waals surface area (Å²) in [7, 11) is 0. The zero-order valence-corrected chi connectivity index (χ0v) is 10.4. The third kappa shape index (κ3) is 6.12. The second-order valence-corrected chi connectivity index (χ2v) is 4.77. The molecule has 0 aliphatic carbocycles. The lowest BCUT2D eigenvalue weighted by Crippen LogP contribution is -1.96. The highest BCUT2D eigenvalue weighted by Crippen LogP contribution is 2.14. The van der Waals surface area contributed by atoms with Gasteiger partial charge in [0.05, 0.1) is 0 Å². The molecule has 0 amide bonds. The molecule has 0 fully saturated rings. The lowest BCUT2D eigenvalue weighted by Gasteiger charge is -2.00. The Morgan fingerprint density at radius 2 is 1.76 bits per heavy atom. The minimum absolute atomic E-state index is 0.0869. The fraction of sp³-hybridized carbons (Fsp3) is 0.385. The predicted molar refractivity (Wildman–Crippen MR) is 69.3 cm³/mol. The molecule has 0 aliphatic heterocycles. The van der Waals surface area contributed by atoms with E-state index in [1.165, 1.54) is 11.8 Å². The zero-order chi connectivity index (χ0) is 12.5. The number of carboxylic acid groups (broad SMARTS) is 1. The number of carboxylic acids is 1. The van der Waals surface area contributed by atoms with Crippen LogP contribution >= 0.6 is 11.8 Å². The molecule has 4 heteroatoms. The van der Waals surface area contributed by atoms with Crippen LogP contribution in [0.5, 0.6) is 0 Å². The lowest BCUT2D eigenvalue weighted by molar-refractivity contribution is -0.137. The summed E-state index contributed by atoms with van der Waals surface area (Å²) in [6.07, 6.45) is 2.66. The molecule has 0 aliphatic rings. The van der Waals surface area contributed by atoms with Gasteiger partial charge < -0.3 is 5.11 Å². The van der Waals surface area contributed by atoms with Crippen LogP contribution in [-0.2, 0) is 4.79 Å². The van der Waals surface area contributed by atoms with Gasteiger partial charge in [-0.15, -0.1) is 0 Å². The van der Waals surface area contributed by atoms with Gasteiger partial charge in [-0.1, -0.05) is 48.5 Å². The number of hydrogen-bond acceptors (Lipinski definition) is 3. The third-order valence-electron chi connectivity index (χ3n) is 2.28. The van der Waals surface area contributed by atoms with E-state index in [-0.39, 0.29) is 11.5 Å². The van der Waals surface area contributed by atoms with E-state index in [2.05, 4.69) is 0 Å². The summed E-state index contributed by atoms with van der Waals surface area (Å²) in [4.78, 5) is 21.9. The van der Waals surface area contributed by atoms with Crippen LogP contribution in [0.4, 0.5) is 0 Å². The van der Waals surface area contributed by atoms with Gasteiger partial charge in [0.25, 0.3) is 0 Å². The van der Waals surface area contributed by atoms with Crippen LogP contribution in [0.3, 0.4) is 0 Å². The molecule has 0 radical (unpaired) electrons. The van der Waals surface area contributed by atoms with E-state index in [1.807, 2.05) is 18.2 Å². The first kappa shape index (κ1) is 13.8. The van der Waals surface area contributed by atoms with Crippen LogP contribution in [0.25, 0.3) is 0 Å². The molecule has 92 valence electrons. The summed E-state index contributed by atoms with van der Waals surface area (Å²) >= 11 is 1.30. The first-order valence-corrected chi connectivity index (χ1v) is 6.62. The molecule has 17 heavy (non-hydrogen) atoms. The van der Waals surface area contributed by atoms with Crippen molar-refractivity contribution in [3.63, 3.8) is 0 Å². The predicted octanol–water partition coefficient (Wildman–Crippen LogP) is 3.21. The highest BCUT2D eigenvalue weighted by molar-refractivity contribution is 8.14. The summed E-state index contributed by atoms with van der Waals surface area (Å²) in [6.45, 7) is 0. The molecule has 0 spiro atoms. The molecule has 0 saturated heterocycles. The Morgan fingerprint density at radius 3 is 2.41 bits per heavy atom. The Kier molecular flexibility index (Phi) is 6.40. The highest BCUT2D eigenvalue weighted by atomic mass is 32.2. The van der Waals surface area contributed by atoms with Crippen LogP contribution < -0.4 is 0 Å². The molecule has 0 unspecified atom stereocenters. The van der Waals surface area contributed by atoms with Crippen LogP contribution in [0, 0.1) is 0 Å². The molecule has 0 bridgehead atoms. The van der Waals surface area contributed by atoms with Gasteiger partial charge >= 0.3 is 5.97 Å². The number of hydrogen-bond donors (Lipinski definition) is 1. The number of unbranched alkanes of at least 4 members (excludes halogenated alkanes) is 2. The summed E-state index contributed by atoms with van der Waals surface area (Å²) in [5.74, 6) is 0.00545. The van der Waals surface area contributed by atoms with Crippen LogP contribution in [-0.4, -0.2) is 21.9 Å². The topological polar surface area (TPSA) is 54.4 Å². The molecule has 3 nitrogen and oxygen atoms in total. The average molecular weight is 252 g/mol. The van der Waals surface area contributed by atoms with Gasteiger partial charge in [0, 0.05) is 17.7 Å². The quantitative estimate of drug-likeness (QED) is 0.757. The number of thioether (sulfide) groups is 1. The maximum atomic E-state index is 11.7. The molecule has 1 aromatic carbocycles. The zero-order valence-electron chi connectivity index (χ0n) is 9.59. The number of rotatable bonds is 7. The van der Waals surface area contributed by atoms with Crippen molar-refractivity contribution in [2.45, 2.75) is 25.7 Å². The third-order valence-corrected chi connectivity index (χ3v) is 3.27. The molecular formula is C13H16O3S. The first-order valence-electron chi connectivity index (χ1n) is 5.64. The Balaban J connectivity index is 2.11. The molecule has 0 atom stereocenters. The molecular weight excluding hydrogens is 236 g/mol. The number of carbonyl (C=O) groups is 2. The van der Waals surface area contributed by atoms with Crippen molar-refractivity contribution >= 4 is 22.8 Å². The Morgan fingerprint density at radius 1 is 1.06 bits per heavy atom. The van der Waals surface area contributed by atoms with E-state index in [0.29, 0.717) is 6.42 Å². The molecule has 0 aromatic heterocycles. The van der Waals surface area contributed by atoms with Gasteiger partial charge in [0.2, 0.25) is 5.12 Å². The van der Waals surface area contributed by atoms with Crippen molar-refractivity contribution in [1.29, 1.82) is 0 Å². The Bertz CT molecular complexity index is 362. The van der Waals surface area contributed by atoms with Gasteiger partial charge in [0.15, 0.2) is 0 Å². The van der Waals surface area contributed by atoms with Crippen LogP contribution in [0.2, 0.25) is 0 Å². The van der Waals surface area contributed by atoms with E-state index >= 15 is 0 Å². The Hall–Kier alpha value is -1.29. The van der Waals surface area contributed by atoms with E-state index in [1.54, 1.807) is 12.1 Å². The maximum Gasteiger partial charge on any atom is 0.303 e. The summed E-state index contributed by atoms with van der Waals surface area (Å²) in [6, 6.07) is 9.19. The summed E-state index contributed by atoms with van der Waals surface area (Å²) in [5.41, 5.74) is 0.725. The van der Waals surface area contributed by atoms with Crippen LogP contribution in [0.15, 0.2) is 30.3 Å². The minimum Gasteiger partial charge on any atom is -0.481 e. The SMILES string of the molecule is O=C(O)CCCCCSC(=O)c1ccccc1. The van der Waals surface area contributed by atoms with Crippen molar-refractivity contribution in [2.24, 2.45) is 0 Å². The van der Waals surface area contributed by atoms with E-state index in [4.69, 9.17) is 5.11 Å². The Labute approximate surface area is 105 Å². The van der Waals surface area contributed by atoms with Crippen molar-refractivity contribution in [1.82, 2.24) is 0 Å². The fourth-order valence-corrected chi connectivity index (χ4v) is 2.21. The van der Waals surface area contributed by atoms with Gasteiger partial charge in [-0.3, -0.25) is 9.59 Å². The smallest absolute Gasteiger partial charge is 0.303 e. The minimum atomic E-state index is -0.752. The molecule has 1 rings (SSSR count). The second-order valence-electron chi connectivity index (χ2n) is 3.71. The van der Waals surface area contributed by atoms with Crippen molar-refractivity contribution in [3.05, 3.63) is 35.9 Å². The normalized spacial score (nSPS) is 10.1. The second kappa shape index (κ2) is 7.90. The van der Waals surface area contributed by atoms with E-state index in [9.17, 15) is 9.59 Å². The highest BCUT2D eigenvalue weighted by Gasteiger charge is 2.05. The van der Waals surface area contributed by atoms with Gasteiger partial charge in [-0.05, 0) is 12.8 Å². The number of aliphatic carboxylic acids is 1. The lowest BCUT2D eigenvalue weighted by atomic mass is 10.2. The average Bonchev–Trinajstić information content (AvgIpc) is 2.34. The van der Waals surface area contributed by atoms with Crippen molar-refractivity contribution in [3.8, 4) is 0 Å². The molecule has 0 saturated carbocycles. The molecule has 1 N–H and O–H groups in total. The van der Waals surface area contributed by atoms with Gasteiger partial charge in [-0.2, -0.15) is 0 Å². The van der Waals surface area contributed by atoms with Gasteiger partial charge in [0.1, 0.15) is 0 Å². The maximum absolute atomic E-state index is 11.7. The first-order chi connectivity index (χ1) is 8.20. The van der Waals surface area contributed by atoms with Crippen molar-refractivity contribution < 1.29 is 14.7 Å². The van der Waals surface area contributed by atoms with Crippen LogP contribution in [0.1, 0.15) is 36.0 Å².